The molecule has 0 spiro atoms. The number of aromatic nitrogens is 2. The van der Waals surface area contributed by atoms with Gasteiger partial charge in [0.2, 0.25) is 0 Å². The van der Waals surface area contributed by atoms with Crippen molar-refractivity contribution in [2.24, 2.45) is 5.73 Å². The molecule has 29 heavy (non-hydrogen) atoms. The van der Waals surface area contributed by atoms with Crippen molar-refractivity contribution >= 4 is 33.8 Å². The Labute approximate surface area is 167 Å². The van der Waals surface area contributed by atoms with E-state index in [1.54, 1.807) is 12.1 Å². The molecule has 0 atom stereocenters. The topological polar surface area (TPSA) is 78.2 Å². The van der Waals surface area contributed by atoms with E-state index in [2.05, 4.69) is 32.9 Å². The van der Waals surface area contributed by atoms with Crippen LogP contribution in [-0.2, 0) is 11.2 Å². The number of halogens is 1. The molecule has 1 fully saturated rings. The largest absolute Gasteiger partial charge is 0.397 e. The molecule has 0 bridgehead atoms. The molecule has 7 heteroatoms. The summed E-state index contributed by atoms with van der Waals surface area (Å²) >= 11 is 0. The van der Waals surface area contributed by atoms with Gasteiger partial charge in [0, 0.05) is 43.9 Å². The lowest BCUT2D eigenvalue weighted by Crippen LogP contribution is -2.44. The number of piperazine rings is 1. The zero-order valence-corrected chi connectivity index (χ0v) is 16.2. The quantitative estimate of drug-likeness (QED) is 0.702. The van der Waals surface area contributed by atoms with Crippen molar-refractivity contribution in [1.82, 2.24) is 14.9 Å². The predicted octanol–water partition coefficient (Wildman–Crippen LogP) is 2.41. The highest BCUT2D eigenvalue weighted by Gasteiger charge is 2.29. The Morgan fingerprint density at radius 3 is 2.72 bits per heavy atom. The van der Waals surface area contributed by atoms with E-state index in [0.717, 1.165) is 42.9 Å². The van der Waals surface area contributed by atoms with Gasteiger partial charge in [-0.25, -0.2) is 9.37 Å². The van der Waals surface area contributed by atoms with Gasteiger partial charge in [0.25, 0.3) is 0 Å². The third-order valence-electron chi connectivity index (χ3n) is 5.84. The van der Waals surface area contributed by atoms with Crippen LogP contribution in [0.25, 0.3) is 22.3 Å². The van der Waals surface area contributed by atoms with Gasteiger partial charge < -0.3 is 20.5 Å². The second-order valence-electron chi connectivity index (χ2n) is 7.74. The molecule has 1 aliphatic carbocycles. The minimum absolute atomic E-state index is 0.118. The Hall–Kier alpha value is -3.19. The molecule has 2 aliphatic rings. The van der Waals surface area contributed by atoms with Gasteiger partial charge in [-0.15, -0.1) is 0 Å². The van der Waals surface area contributed by atoms with E-state index in [4.69, 9.17) is 5.73 Å². The smallest absolute Gasteiger partial charge is 0.173 e. The number of imidazole rings is 1. The number of H-pyrrole nitrogens is 1. The molecule has 5 rings (SSSR count). The van der Waals surface area contributed by atoms with E-state index in [0.29, 0.717) is 17.0 Å². The number of Topliss-reactive ketones (excluding diaryl/α,β-unsaturated/α-hetero) is 1. The Kier molecular flexibility index (Phi) is 4.13. The Morgan fingerprint density at radius 2 is 1.93 bits per heavy atom. The normalized spacial score (nSPS) is 17.9. The highest BCUT2D eigenvalue weighted by molar-refractivity contribution is 6.29. The second kappa shape index (κ2) is 6.70. The van der Waals surface area contributed by atoms with E-state index < -0.39 is 5.82 Å². The van der Waals surface area contributed by atoms with Crippen LogP contribution in [0.5, 0.6) is 0 Å². The fourth-order valence-corrected chi connectivity index (χ4v) is 4.19. The van der Waals surface area contributed by atoms with Crippen LogP contribution in [0.2, 0.25) is 0 Å². The number of nitrogens with one attached hydrogen (secondary N) is 1. The number of fused-ring (bicyclic) bond motifs is 2. The molecular weight excluding hydrogens is 369 g/mol. The van der Waals surface area contributed by atoms with Crippen LogP contribution in [-0.4, -0.2) is 53.9 Å². The third kappa shape index (κ3) is 2.98. The monoisotopic (exact) mass is 391 g/mol. The summed E-state index contributed by atoms with van der Waals surface area (Å²) in [6.45, 7) is 3.98. The summed E-state index contributed by atoms with van der Waals surface area (Å²) in [6, 6.07) is 10.7. The highest BCUT2D eigenvalue weighted by atomic mass is 19.1. The molecule has 1 saturated heterocycles. The maximum atomic E-state index is 14.4. The Balaban J connectivity index is 1.56. The third-order valence-corrected chi connectivity index (χ3v) is 5.84. The number of aromatic amines is 1. The molecule has 0 unspecified atom stereocenters. The maximum absolute atomic E-state index is 14.4. The number of benzene rings is 2. The molecule has 0 amide bonds. The summed E-state index contributed by atoms with van der Waals surface area (Å²) in [5, 5.41) is 0. The number of rotatable bonds is 2. The van der Waals surface area contributed by atoms with Crippen molar-refractivity contribution in [2.45, 2.75) is 6.42 Å². The first-order chi connectivity index (χ1) is 14.0. The number of nitrogens with two attached hydrogens (primary N) is 1. The fourth-order valence-electron chi connectivity index (χ4n) is 4.19. The number of hydrogen-bond donors (Lipinski definition) is 2. The van der Waals surface area contributed by atoms with Gasteiger partial charge >= 0.3 is 0 Å². The van der Waals surface area contributed by atoms with E-state index in [9.17, 15) is 9.18 Å². The van der Waals surface area contributed by atoms with Gasteiger partial charge in [-0.3, -0.25) is 4.79 Å². The number of anilines is 1. The molecule has 6 nitrogen and oxygen atoms in total. The van der Waals surface area contributed by atoms with Crippen LogP contribution in [0.3, 0.4) is 0 Å². The van der Waals surface area contributed by atoms with Crippen molar-refractivity contribution in [1.29, 1.82) is 0 Å². The second-order valence-corrected chi connectivity index (χ2v) is 7.74. The number of allylic oxidation sites excluding steroid dienone is 1. The van der Waals surface area contributed by atoms with E-state index in [1.807, 2.05) is 12.1 Å². The SMILES string of the molecule is CN1CCN(c2ccc3nc(C4=C(N)c5c(F)cccc5CC4=O)[nH]c3c2)CC1. The Bertz CT molecular complexity index is 1160. The number of carbonyl (C=O) groups is 1. The van der Waals surface area contributed by atoms with Gasteiger partial charge in [-0.05, 0) is 36.9 Å². The zero-order chi connectivity index (χ0) is 20.1. The molecular formula is C22H22FN5O. The standard InChI is InChI=1S/C22H22FN5O/c1-27-7-9-28(10-8-27)14-5-6-16-17(12-14)26-22(25-16)20-18(29)11-13-3-2-4-15(23)19(13)21(20)24/h2-6,12H,7-11,24H2,1H3,(H,25,26). The molecule has 1 aliphatic heterocycles. The first kappa shape index (κ1) is 17.9. The first-order valence-corrected chi connectivity index (χ1v) is 9.75. The van der Waals surface area contributed by atoms with Gasteiger partial charge in [-0.1, -0.05) is 12.1 Å². The van der Waals surface area contributed by atoms with Gasteiger partial charge in [-0.2, -0.15) is 0 Å². The van der Waals surface area contributed by atoms with Crippen molar-refractivity contribution in [3.8, 4) is 0 Å². The predicted molar refractivity (Wildman–Crippen MR) is 112 cm³/mol. The summed E-state index contributed by atoms with van der Waals surface area (Å²) in [6.07, 6.45) is 0.118. The summed E-state index contributed by atoms with van der Waals surface area (Å²) < 4.78 is 14.4. The van der Waals surface area contributed by atoms with Gasteiger partial charge in [0.15, 0.2) is 5.78 Å². The summed E-state index contributed by atoms with van der Waals surface area (Å²) in [7, 11) is 2.13. The van der Waals surface area contributed by atoms with Crippen molar-refractivity contribution in [3.05, 3.63) is 59.2 Å². The van der Waals surface area contributed by atoms with Gasteiger partial charge in [0.05, 0.1) is 22.3 Å². The molecule has 2 heterocycles. The average Bonchev–Trinajstić information content (AvgIpc) is 3.11. The molecule has 0 saturated carbocycles. The van der Waals surface area contributed by atoms with Crippen molar-refractivity contribution in [3.63, 3.8) is 0 Å². The van der Waals surface area contributed by atoms with Crippen LogP contribution in [0.15, 0.2) is 36.4 Å². The molecule has 0 radical (unpaired) electrons. The Morgan fingerprint density at radius 1 is 1.14 bits per heavy atom. The van der Waals surface area contributed by atoms with E-state index in [1.165, 1.54) is 6.07 Å². The van der Waals surface area contributed by atoms with Crippen molar-refractivity contribution < 1.29 is 9.18 Å². The number of ketones is 1. The number of nitrogens with zero attached hydrogens (tertiary/aromatic N) is 3. The first-order valence-electron chi connectivity index (χ1n) is 9.75. The van der Waals surface area contributed by atoms with Crippen LogP contribution in [0, 0.1) is 5.82 Å². The van der Waals surface area contributed by atoms with E-state index >= 15 is 0 Å². The zero-order valence-electron chi connectivity index (χ0n) is 16.2. The molecule has 1 aromatic heterocycles. The lowest BCUT2D eigenvalue weighted by atomic mass is 9.88. The number of likely N-dealkylation sites (N-methyl/N-ethyl adjacent to an activating group) is 1. The fraction of sp³-hybridized carbons (Fsp3) is 0.273. The van der Waals surface area contributed by atoms with Crippen LogP contribution in [0.1, 0.15) is 17.0 Å². The average molecular weight is 391 g/mol. The lowest BCUT2D eigenvalue weighted by Gasteiger charge is -2.34. The van der Waals surface area contributed by atoms with Gasteiger partial charge in [0.1, 0.15) is 11.6 Å². The van der Waals surface area contributed by atoms with Crippen LogP contribution in [0.4, 0.5) is 10.1 Å². The minimum Gasteiger partial charge on any atom is -0.397 e. The number of hydrogen-bond acceptors (Lipinski definition) is 5. The molecule has 3 N–H and O–H groups in total. The summed E-state index contributed by atoms with van der Waals surface area (Å²) in [5.41, 5.74) is 10.3. The van der Waals surface area contributed by atoms with Crippen LogP contribution >= 0.6 is 0 Å². The molecule has 3 aromatic rings. The lowest BCUT2D eigenvalue weighted by molar-refractivity contribution is -0.113. The van der Waals surface area contributed by atoms with Crippen LogP contribution < -0.4 is 10.6 Å². The summed E-state index contributed by atoms with van der Waals surface area (Å²) in [5.74, 6) is -0.177. The minimum atomic E-state index is -0.418. The summed E-state index contributed by atoms with van der Waals surface area (Å²) in [4.78, 5) is 25.2. The van der Waals surface area contributed by atoms with E-state index in [-0.39, 0.29) is 23.5 Å². The van der Waals surface area contributed by atoms with Crippen molar-refractivity contribution in [2.75, 3.05) is 38.1 Å². The maximum Gasteiger partial charge on any atom is 0.173 e. The number of carbonyl (C=O) groups excluding carboxylic acids is 1. The molecule has 2 aromatic carbocycles. The molecule has 148 valence electrons. The highest BCUT2D eigenvalue weighted by Crippen LogP contribution is 2.33.